The van der Waals surface area contributed by atoms with Gasteiger partial charge in [-0.1, -0.05) is 13.0 Å². The second-order valence-corrected chi connectivity index (χ2v) is 10.2. The van der Waals surface area contributed by atoms with Gasteiger partial charge in [0, 0.05) is 26.1 Å². The Hall–Kier alpha value is -2.98. The number of halogens is 1. The molecule has 4 rings (SSSR count). The number of cyclic esters (lactones) is 1. The summed E-state index contributed by atoms with van der Waals surface area (Å²) in [5.41, 5.74) is 0.926. The molecule has 2 aromatic rings. The van der Waals surface area contributed by atoms with Crippen LogP contribution in [0.1, 0.15) is 29.9 Å². The second kappa shape index (κ2) is 10.7. The van der Waals surface area contributed by atoms with Gasteiger partial charge in [0.1, 0.15) is 11.9 Å². The first-order chi connectivity index (χ1) is 16.7. The molecule has 2 fully saturated rings. The summed E-state index contributed by atoms with van der Waals surface area (Å²) in [4.78, 5) is 42.1. The van der Waals surface area contributed by atoms with Crippen molar-refractivity contribution in [2.45, 2.75) is 32.4 Å². The smallest absolute Gasteiger partial charge is 0.414 e. The van der Waals surface area contributed by atoms with E-state index in [0.29, 0.717) is 31.0 Å². The van der Waals surface area contributed by atoms with Gasteiger partial charge >= 0.3 is 6.09 Å². The quantitative estimate of drug-likeness (QED) is 0.558. The molecule has 8 nitrogen and oxygen atoms in total. The van der Waals surface area contributed by atoms with Crippen molar-refractivity contribution in [1.82, 2.24) is 10.2 Å². The van der Waals surface area contributed by atoms with Crippen LogP contribution in [0.3, 0.4) is 0 Å². The molecule has 10 heteroatoms. The number of nitrogens with zero attached hydrogens (tertiary/aromatic N) is 3. The van der Waals surface area contributed by atoms with E-state index in [2.05, 4.69) is 17.1 Å². The zero-order chi connectivity index (χ0) is 25.1. The van der Waals surface area contributed by atoms with Crippen molar-refractivity contribution in [3.8, 4) is 0 Å². The summed E-state index contributed by atoms with van der Waals surface area (Å²) in [6.07, 6.45) is -0.209. The molecule has 0 bridgehead atoms. The number of carbonyl (C=O) groups excluding carboxylic acids is 3. The van der Waals surface area contributed by atoms with Gasteiger partial charge in [-0.2, -0.15) is 0 Å². The molecule has 0 spiro atoms. The molecule has 1 N–H and O–H groups in total. The lowest BCUT2D eigenvalue weighted by molar-refractivity contribution is -0.119. The number of anilines is 2. The molecular formula is C25H31FN4O4S. The molecule has 35 heavy (non-hydrogen) atoms. The van der Waals surface area contributed by atoms with E-state index < -0.39 is 18.0 Å². The van der Waals surface area contributed by atoms with E-state index in [1.54, 1.807) is 12.1 Å². The van der Waals surface area contributed by atoms with Crippen LogP contribution in [0, 0.1) is 11.7 Å². The van der Waals surface area contributed by atoms with Gasteiger partial charge in [-0.05, 0) is 49.0 Å². The van der Waals surface area contributed by atoms with E-state index in [1.807, 2.05) is 29.5 Å². The summed E-state index contributed by atoms with van der Waals surface area (Å²) >= 11 is 1.46. The number of nitrogens with one attached hydrogen (secondary N) is 1. The fourth-order valence-electron chi connectivity index (χ4n) is 4.88. The van der Waals surface area contributed by atoms with Crippen molar-refractivity contribution in [3.05, 3.63) is 46.4 Å². The van der Waals surface area contributed by atoms with Crippen LogP contribution in [0.5, 0.6) is 0 Å². The number of piperidine rings is 1. The predicted octanol–water partition coefficient (Wildman–Crippen LogP) is 3.38. The van der Waals surface area contributed by atoms with Gasteiger partial charge in [0.05, 0.1) is 35.9 Å². The lowest BCUT2D eigenvalue weighted by Gasteiger charge is -2.42. The summed E-state index contributed by atoms with van der Waals surface area (Å²) in [5, 5.41) is 4.54. The van der Waals surface area contributed by atoms with Gasteiger partial charge < -0.3 is 15.0 Å². The summed E-state index contributed by atoms with van der Waals surface area (Å²) in [7, 11) is 1.98. The first-order valence-corrected chi connectivity index (χ1v) is 12.6. The van der Waals surface area contributed by atoms with E-state index in [-0.39, 0.29) is 36.7 Å². The Morgan fingerprint density at radius 2 is 2.09 bits per heavy atom. The zero-order valence-electron chi connectivity index (χ0n) is 20.2. The number of hydrogen-bond acceptors (Lipinski definition) is 7. The third-order valence-electron chi connectivity index (χ3n) is 6.65. The molecule has 2 unspecified atom stereocenters. The lowest BCUT2D eigenvalue weighted by Crippen LogP contribution is -2.50. The van der Waals surface area contributed by atoms with Crippen LogP contribution in [-0.2, 0) is 9.53 Å². The maximum absolute atomic E-state index is 15.1. The Morgan fingerprint density at radius 3 is 2.74 bits per heavy atom. The van der Waals surface area contributed by atoms with E-state index in [9.17, 15) is 14.4 Å². The van der Waals surface area contributed by atoms with Crippen LogP contribution < -0.4 is 15.1 Å². The standard InChI is InChI=1S/C25H31FN4O4S/c1-16-13-29(9-8-21(16)28(3)15-23(32)24-5-4-10-35-24)22-7-6-18(11-20(22)26)30-14-19(34-25(30)33)12-27-17(2)31/h4-7,10-11,16,19,21H,8-9,12-15H2,1-3H3,(H,27,31)/t16?,19-,21?/m0/s1. The Bertz CT molecular complexity index is 1080. The maximum atomic E-state index is 15.1. The van der Waals surface area contributed by atoms with Crippen molar-refractivity contribution in [2.24, 2.45) is 5.92 Å². The average Bonchev–Trinajstić information content (AvgIpc) is 3.47. The van der Waals surface area contributed by atoms with Crippen molar-refractivity contribution < 1.29 is 23.5 Å². The highest BCUT2D eigenvalue weighted by atomic mass is 32.1. The van der Waals surface area contributed by atoms with Crippen molar-refractivity contribution >= 4 is 40.5 Å². The van der Waals surface area contributed by atoms with Crippen LogP contribution in [0.25, 0.3) is 0 Å². The topological polar surface area (TPSA) is 82.2 Å². The number of rotatable bonds is 8. The molecule has 1 aromatic heterocycles. The number of ether oxygens (including phenoxy) is 1. The van der Waals surface area contributed by atoms with Gasteiger partial charge in [-0.25, -0.2) is 9.18 Å². The number of thiophene rings is 1. The van der Waals surface area contributed by atoms with E-state index in [0.717, 1.165) is 11.3 Å². The molecule has 2 aliphatic rings. The number of carbonyl (C=O) groups is 3. The third kappa shape index (κ3) is 5.82. The van der Waals surface area contributed by atoms with Crippen molar-refractivity contribution in [3.63, 3.8) is 0 Å². The van der Waals surface area contributed by atoms with Crippen LogP contribution in [0.15, 0.2) is 35.7 Å². The molecule has 0 radical (unpaired) electrons. The monoisotopic (exact) mass is 502 g/mol. The first-order valence-electron chi connectivity index (χ1n) is 11.8. The normalized spacial score (nSPS) is 22.4. The van der Waals surface area contributed by atoms with Gasteiger partial charge in [0.25, 0.3) is 0 Å². The SMILES string of the molecule is CC(=O)NC[C@H]1CN(c2ccc(N3CCC(N(C)CC(=O)c4cccs4)C(C)C3)c(F)c2)C(=O)O1. The van der Waals surface area contributed by atoms with E-state index in [1.165, 1.54) is 29.2 Å². The first kappa shape index (κ1) is 25.1. The van der Waals surface area contributed by atoms with Gasteiger partial charge in [0.15, 0.2) is 5.78 Å². The average molecular weight is 503 g/mol. The van der Waals surface area contributed by atoms with E-state index in [4.69, 9.17) is 4.74 Å². The molecule has 2 saturated heterocycles. The molecule has 3 atom stereocenters. The largest absolute Gasteiger partial charge is 0.442 e. The summed E-state index contributed by atoms with van der Waals surface area (Å²) in [6.45, 7) is 5.71. The van der Waals surface area contributed by atoms with Crippen LogP contribution in [-0.4, -0.2) is 74.6 Å². The van der Waals surface area contributed by atoms with E-state index >= 15 is 4.39 Å². The Labute approximate surface area is 208 Å². The van der Waals surface area contributed by atoms with Gasteiger partial charge in [-0.3, -0.25) is 19.4 Å². The molecule has 188 valence electrons. The molecule has 1 aromatic carbocycles. The summed E-state index contributed by atoms with van der Waals surface area (Å²) in [5.74, 6) is -0.230. The Kier molecular flexibility index (Phi) is 7.71. The second-order valence-electron chi connectivity index (χ2n) is 9.28. The molecule has 2 amide bonds. The lowest BCUT2D eigenvalue weighted by atomic mass is 9.92. The highest BCUT2D eigenvalue weighted by Gasteiger charge is 2.34. The zero-order valence-corrected chi connectivity index (χ0v) is 21.0. The van der Waals surface area contributed by atoms with Crippen LogP contribution in [0.4, 0.5) is 20.6 Å². The number of ketones is 1. The van der Waals surface area contributed by atoms with Crippen molar-refractivity contribution in [1.29, 1.82) is 0 Å². The fraction of sp³-hybridized carbons (Fsp3) is 0.480. The number of amides is 2. The van der Waals surface area contributed by atoms with Crippen molar-refractivity contribution in [2.75, 3.05) is 49.6 Å². The predicted molar refractivity (Wildman–Crippen MR) is 134 cm³/mol. The molecule has 0 aliphatic carbocycles. The van der Waals surface area contributed by atoms with Crippen LogP contribution >= 0.6 is 11.3 Å². The number of Topliss-reactive ketones (excluding diaryl/α,β-unsaturated/α-hetero) is 1. The van der Waals surface area contributed by atoms with Gasteiger partial charge in [-0.15, -0.1) is 11.3 Å². The minimum absolute atomic E-state index is 0.124. The number of hydrogen-bond donors (Lipinski definition) is 1. The molecular weight excluding hydrogens is 471 g/mol. The maximum Gasteiger partial charge on any atom is 0.414 e. The number of benzene rings is 1. The fourth-order valence-corrected chi connectivity index (χ4v) is 5.54. The van der Waals surface area contributed by atoms with Crippen LogP contribution in [0.2, 0.25) is 0 Å². The molecule has 3 heterocycles. The highest BCUT2D eigenvalue weighted by molar-refractivity contribution is 7.12. The molecule has 0 saturated carbocycles. The third-order valence-corrected chi connectivity index (χ3v) is 7.56. The Morgan fingerprint density at radius 1 is 1.29 bits per heavy atom. The Balaban J connectivity index is 1.36. The molecule has 2 aliphatic heterocycles. The number of likely N-dealkylation sites (N-methyl/N-ethyl adjacent to an activating group) is 1. The van der Waals surface area contributed by atoms with Gasteiger partial charge in [0.2, 0.25) is 5.91 Å². The minimum Gasteiger partial charge on any atom is -0.442 e. The summed E-state index contributed by atoms with van der Waals surface area (Å²) in [6, 6.07) is 8.76. The summed E-state index contributed by atoms with van der Waals surface area (Å²) < 4.78 is 20.4. The minimum atomic E-state index is -0.554. The highest BCUT2D eigenvalue weighted by Crippen LogP contribution is 2.31.